The zero-order chi connectivity index (χ0) is 18.2. The minimum Gasteiger partial charge on any atom is -0.455 e. The van der Waals surface area contributed by atoms with Crippen LogP contribution in [0, 0.1) is 0 Å². The lowest BCUT2D eigenvalue weighted by atomic mass is 9.93. The molecule has 1 aliphatic rings. The van der Waals surface area contributed by atoms with E-state index in [0.29, 0.717) is 0 Å². The second-order valence-corrected chi connectivity index (χ2v) is 7.70. The van der Waals surface area contributed by atoms with Crippen LogP contribution in [0.1, 0.15) is 11.1 Å². The first-order valence-corrected chi connectivity index (χ1v) is 9.76. The Balaban J connectivity index is 1.82. The third-order valence-electron chi connectivity index (χ3n) is 6.27. The fraction of sp³-hybridized carbons (Fsp3) is 0.0370. The van der Waals surface area contributed by atoms with Crippen LogP contribution in [0.3, 0.4) is 0 Å². The minimum absolute atomic E-state index is 0.979. The summed E-state index contributed by atoms with van der Waals surface area (Å²) in [6.45, 7) is 0. The molecule has 1 heteroatoms. The summed E-state index contributed by atoms with van der Waals surface area (Å²) in [6, 6.07) is 30.5. The summed E-state index contributed by atoms with van der Waals surface area (Å²) in [4.78, 5) is 0. The molecule has 0 bridgehead atoms. The van der Waals surface area contributed by atoms with Gasteiger partial charge in [0.15, 0.2) is 0 Å². The van der Waals surface area contributed by atoms with Gasteiger partial charge in [-0.05, 0) is 50.9 Å². The van der Waals surface area contributed by atoms with Gasteiger partial charge in [-0.1, -0.05) is 78.9 Å². The molecule has 0 atom stereocenters. The predicted octanol–water partition coefficient (Wildman–Crippen LogP) is 7.46. The Morgan fingerprint density at radius 2 is 1.21 bits per heavy atom. The maximum Gasteiger partial charge on any atom is 0.143 e. The second kappa shape index (κ2) is 5.02. The summed E-state index contributed by atoms with van der Waals surface area (Å²) in [5.41, 5.74) is 7.49. The molecule has 5 aromatic carbocycles. The molecule has 0 amide bonds. The van der Waals surface area contributed by atoms with Crippen molar-refractivity contribution in [3.8, 4) is 11.1 Å². The molecule has 1 nitrogen and oxygen atoms in total. The SMILES string of the molecule is c1ccc2c(c1)Cc1ccc3oc4c5ccccc5c5ccccc5c4c3c1-2. The van der Waals surface area contributed by atoms with Crippen molar-refractivity contribution in [2.24, 2.45) is 0 Å². The number of benzene rings is 5. The van der Waals surface area contributed by atoms with E-state index in [0.717, 1.165) is 17.6 Å². The Morgan fingerprint density at radius 1 is 0.536 bits per heavy atom. The van der Waals surface area contributed by atoms with Crippen molar-refractivity contribution in [1.29, 1.82) is 0 Å². The van der Waals surface area contributed by atoms with Crippen LogP contribution in [-0.4, -0.2) is 0 Å². The van der Waals surface area contributed by atoms with Crippen molar-refractivity contribution in [2.45, 2.75) is 6.42 Å². The van der Waals surface area contributed by atoms with Gasteiger partial charge in [0, 0.05) is 16.2 Å². The van der Waals surface area contributed by atoms with Gasteiger partial charge in [0.25, 0.3) is 0 Å². The fourth-order valence-electron chi connectivity index (χ4n) is 5.11. The average molecular weight is 356 g/mol. The summed E-state index contributed by atoms with van der Waals surface area (Å²) >= 11 is 0. The normalized spacial score (nSPS) is 12.9. The molecule has 130 valence electrons. The lowest BCUT2D eigenvalue weighted by Gasteiger charge is -2.07. The Morgan fingerprint density at radius 3 is 2.07 bits per heavy atom. The zero-order valence-electron chi connectivity index (χ0n) is 15.2. The summed E-state index contributed by atoms with van der Waals surface area (Å²) in [6.07, 6.45) is 1.000. The number of rotatable bonds is 0. The Kier molecular flexibility index (Phi) is 2.60. The van der Waals surface area contributed by atoms with E-state index in [9.17, 15) is 0 Å². The molecular formula is C27H16O. The molecule has 0 unspecified atom stereocenters. The first-order valence-electron chi connectivity index (χ1n) is 9.76. The molecule has 0 N–H and O–H groups in total. The molecule has 1 heterocycles. The van der Waals surface area contributed by atoms with Crippen LogP contribution in [0.4, 0.5) is 0 Å². The van der Waals surface area contributed by atoms with Crippen molar-refractivity contribution >= 4 is 43.5 Å². The third kappa shape index (κ3) is 1.67. The Hall–Kier alpha value is -3.58. The topological polar surface area (TPSA) is 13.1 Å². The van der Waals surface area contributed by atoms with Gasteiger partial charge in [0.2, 0.25) is 0 Å². The molecule has 1 aliphatic carbocycles. The summed E-state index contributed by atoms with van der Waals surface area (Å²) < 4.78 is 6.51. The number of fused-ring (bicyclic) bond motifs is 12. The van der Waals surface area contributed by atoms with Crippen LogP contribution in [0.5, 0.6) is 0 Å². The van der Waals surface area contributed by atoms with Crippen LogP contribution >= 0.6 is 0 Å². The minimum atomic E-state index is 0.979. The van der Waals surface area contributed by atoms with Gasteiger partial charge in [0.1, 0.15) is 11.2 Å². The predicted molar refractivity (Wildman–Crippen MR) is 117 cm³/mol. The van der Waals surface area contributed by atoms with Gasteiger partial charge in [-0.3, -0.25) is 0 Å². The van der Waals surface area contributed by atoms with Crippen molar-refractivity contribution in [3.05, 3.63) is 96.1 Å². The second-order valence-electron chi connectivity index (χ2n) is 7.70. The van der Waals surface area contributed by atoms with Crippen LogP contribution in [0.15, 0.2) is 89.3 Å². The lowest BCUT2D eigenvalue weighted by Crippen LogP contribution is -1.83. The van der Waals surface area contributed by atoms with Gasteiger partial charge in [-0.2, -0.15) is 0 Å². The molecule has 0 saturated heterocycles. The standard InChI is InChI=1S/C27H16O/c1-2-8-18-16(7-1)15-17-13-14-23-26(24(17)18)25-21-11-5-3-9-19(21)20-10-4-6-12-22(20)27(25)28-23/h1-14H,15H2. The Labute approximate surface area is 161 Å². The molecule has 6 aromatic rings. The molecule has 0 spiro atoms. The molecule has 1 aromatic heterocycles. The maximum absolute atomic E-state index is 6.51. The molecule has 0 radical (unpaired) electrons. The smallest absolute Gasteiger partial charge is 0.143 e. The monoisotopic (exact) mass is 356 g/mol. The quantitative estimate of drug-likeness (QED) is 0.257. The van der Waals surface area contributed by atoms with E-state index in [1.54, 1.807) is 0 Å². The van der Waals surface area contributed by atoms with Gasteiger partial charge in [-0.15, -0.1) is 0 Å². The molecule has 0 fully saturated rings. The highest BCUT2D eigenvalue weighted by Gasteiger charge is 2.25. The average Bonchev–Trinajstić information content (AvgIpc) is 3.32. The van der Waals surface area contributed by atoms with E-state index >= 15 is 0 Å². The van der Waals surface area contributed by atoms with Gasteiger partial charge in [-0.25, -0.2) is 0 Å². The molecule has 0 aliphatic heterocycles. The lowest BCUT2D eigenvalue weighted by molar-refractivity contribution is 0.673. The van der Waals surface area contributed by atoms with E-state index in [-0.39, 0.29) is 0 Å². The van der Waals surface area contributed by atoms with Crippen LogP contribution in [0.25, 0.3) is 54.6 Å². The molecule has 28 heavy (non-hydrogen) atoms. The van der Waals surface area contributed by atoms with Crippen LogP contribution in [0.2, 0.25) is 0 Å². The van der Waals surface area contributed by atoms with Crippen LogP contribution < -0.4 is 0 Å². The van der Waals surface area contributed by atoms with E-state index in [2.05, 4.69) is 84.9 Å². The highest BCUT2D eigenvalue weighted by Crippen LogP contribution is 2.48. The third-order valence-corrected chi connectivity index (χ3v) is 6.27. The first-order chi connectivity index (χ1) is 13.9. The van der Waals surface area contributed by atoms with E-state index in [1.807, 2.05) is 0 Å². The summed E-state index contributed by atoms with van der Waals surface area (Å²) in [7, 11) is 0. The number of furan rings is 1. The molecule has 7 rings (SSSR count). The molecular weight excluding hydrogens is 340 g/mol. The summed E-state index contributed by atoms with van der Waals surface area (Å²) in [5.74, 6) is 0. The van der Waals surface area contributed by atoms with Crippen molar-refractivity contribution in [1.82, 2.24) is 0 Å². The van der Waals surface area contributed by atoms with Crippen molar-refractivity contribution in [3.63, 3.8) is 0 Å². The van der Waals surface area contributed by atoms with Gasteiger partial charge >= 0.3 is 0 Å². The zero-order valence-corrected chi connectivity index (χ0v) is 15.2. The largest absolute Gasteiger partial charge is 0.455 e. The highest BCUT2D eigenvalue weighted by molar-refractivity contribution is 6.32. The maximum atomic E-state index is 6.51. The fourth-order valence-corrected chi connectivity index (χ4v) is 5.11. The van der Waals surface area contributed by atoms with Crippen molar-refractivity contribution < 1.29 is 4.42 Å². The molecule has 0 saturated carbocycles. The number of hydrogen-bond donors (Lipinski definition) is 0. The van der Waals surface area contributed by atoms with E-state index < -0.39 is 0 Å². The summed E-state index contributed by atoms with van der Waals surface area (Å²) in [5, 5.41) is 7.51. The van der Waals surface area contributed by atoms with Gasteiger partial charge in [0.05, 0.1) is 0 Å². The highest BCUT2D eigenvalue weighted by atomic mass is 16.3. The van der Waals surface area contributed by atoms with Crippen LogP contribution in [-0.2, 0) is 6.42 Å². The Bertz CT molecular complexity index is 1580. The van der Waals surface area contributed by atoms with Gasteiger partial charge < -0.3 is 4.42 Å². The van der Waals surface area contributed by atoms with E-state index in [1.165, 1.54) is 54.6 Å². The van der Waals surface area contributed by atoms with Crippen molar-refractivity contribution in [2.75, 3.05) is 0 Å². The number of hydrogen-bond acceptors (Lipinski definition) is 1. The first kappa shape index (κ1) is 14.5. The van der Waals surface area contributed by atoms with E-state index in [4.69, 9.17) is 4.42 Å².